The molecule has 7 nitrogen and oxygen atoms in total. The number of aryl methyl sites for hydroxylation is 1. The van der Waals surface area contributed by atoms with Gasteiger partial charge in [-0.1, -0.05) is 0 Å². The number of aliphatic hydroxyl groups is 1. The molecule has 1 aliphatic heterocycles. The third kappa shape index (κ3) is 4.25. The normalized spacial score (nSPS) is 16.5. The first-order valence-electron chi connectivity index (χ1n) is 7.37. The number of non-ortho nitro benzene ring substituents is 1. The first kappa shape index (κ1) is 16.4. The number of carbonyl (C=O) groups is 1. The SMILES string of the molecule is Cc1cc([N+](=O)[O-])ccc1NC(=O)CN1CCC(CO)CC1. The second kappa shape index (κ2) is 7.33. The Morgan fingerprint density at radius 2 is 2.14 bits per heavy atom. The molecule has 0 bridgehead atoms. The number of carbonyl (C=O) groups excluding carboxylic acids is 1. The van der Waals surface area contributed by atoms with Crippen LogP contribution >= 0.6 is 0 Å². The highest BCUT2D eigenvalue weighted by Crippen LogP contribution is 2.21. The van der Waals surface area contributed by atoms with Gasteiger partial charge in [0.05, 0.1) is 11.5 Å². The molecule has 2 rings (SSSR count). The lowest BCUT2D eigenvalue weighted by molar-refractivity contribution is -0.384. The Hall–Kier alpha value is -1.99. The molecule has 0 saturated carbocycles. The summed E-state index contributed by atoms with van der Waals surface area (Å²) in [5.41, 5.74) is 1.28. The topological polar surface area (TPSA) is 95.7 Å². The molecule has 7 heteroatoms. The van der Waals surface area contributed by atoms with Gasteiger partial charge in [-0.2, -0.15) is 0 Å². The molecule has 22 heavy (non-hydrogen) atoms. The third-order valence-corrected chi connectivity index (χ3v) is 4.03. The number of nitro benzene ring substituents is 1. The van der Waals surface area contributed by atoms with Crippen molar-refractivity contribution in [3.63, 3.8) is 0 Å². The minimum absolute atomic E-state index is 0.0153. The van der Waals surface area contributed by atoms with Gasteiger partial charge in [-0.25, -0.2) is 0 Å². The van der Waals surface area contributed by atoms with Gasteiger partial charge in [-0.3, -0.25) is 19.8 Å². The molecule has 1 saturated heterocycles. The van der Waals surface area contributed by atoms with Crippen molar-refractivity contribution in [1.82, 2.24) is 4.90 Å². The van der Waals surface area contributed by atoms with E-state index in [1.807, 2.05) is 0 Å². The molecular formula is C15H21N3O4. The van der Waals surface area contributed by atoms with E-state index in [1.165, 1.54) is 12.1 Å². The van der Waals surface area contributed by atoms with Crippen LogP contribution in [0.25, 0.3) is 0 Å². The molecule has 0 aliphatic carbocycles. The van der Waals surface area contributed by atoms with E-state index in [0.29, 0.717) is 23.7 Å². The van der Waals surface area contributed by atoms with Gasteiger partial charge in [0.15, 0.2) is 0 Å². The van der Waals surface area contributed by atoms with Crippen LogP contribution in [-0.2, 0) is 4.79 Å². The van der Waals surface area contributed by atoms with Gasteiger partial charge in [-0.05, 0) is 50.4 Å². The summed E-state index contributed by atoms with van der Waals surface area (Å²) in [6, 6.07) is 4.39. The summed E-state index contributed by atoms with van der Waals surface area (Å²) in [6.07, 6.45) is 1.81. The Balaban J connectivity index is 1.88. The summed E-state index contributed by atoms with van der Waals surface area (Å²) >= 11 is 0. The van der Waals surface area contributed by atoms with E-state index in [4.69, 9.17) is 5.11 Å². The Labute approximate surface area is 129 Å². The van der Waals surface area contributed by atoms with E-state index in [9.17, 15) is 14.9 Å². The number of amides is 1. The molecule has 1 amide bonds. The van der Waals surface area contributed by atoms with Crippen molar-refractivity contribution in [2.75, 3.05) is 31.6 Å². The van der Waals surface area contributed by atoms with Crippen molar-refractivity contribution in [2.24, 2.45) is 5.92 Å². The number of nitrogens with zero attached hydrogens (tertiary/aromatic N) is 2. The number of rotatable bonds is 5. The molecule has 1 aliphatic rings. The quantitative estimate of drug-likeness (QED) is 0.635. The van der Waals surface area contributed by atoms with Crippen molar-refractivity contribution in [2.45, 2.75) is 19.8 Å². The second-order valence-corrected chi connectivity index (χ2v) is 5.71. The monoisotopic (exact) mass is 307 g/mol. The molecular weight excluding hydrogens is 286 g/mol. The molecule has 1 aromatic rings. The van der Waals surface area contributed by atoms with E-state index in [2.05, 4.69) is 10.2 Å². The molecule has 0 spiro atoms. The van der Waals surface area contributed by atoms with Gasteiger partial charge in [0, 0.05) is 24.4 Å². The zero-order valence-electron chi connectivity index (χ0n) is 12.6. The van der Waals surface area contributed by atoms with Crippen LogP contribution in [0.5, 0.6) is 0 Å². The summed E-state index contributed by atoms with van der Waals surface area (Å²) < 4.78 is 0. The van der Waals surface area contributed by atoms with Crippen LogP contribution in [0, 0.1) is 23.0 Å². The predicted octanol–water partition coefficient (Wildman–Crippen LogP) is 1.55. The maximum absolute atomic E-state index is 12.1. The summed E-state index contributed by atoms with van der Waals surface area (Å²) in [6.45, 7) is 3.85. The molecule has 0 radical (unpaired) electrons. The van der Waals surface area contributed by atoms with Gasteiger partial charge in [0.2, 0.25) is 5.91 Å². The lowest BCUT2D eigenvalue weighted by Gasteiger charge is -2.30. The van der Waals surface area contributed by atoms with E-state index in [0.717, 1.165) is 25.9 Å². The van der Waals surface area contributed by atoms with Crippen LogP contribution in [0.1, 0.15) is 18.4 Å². The zero-order chi connectivity index (χ0) is 16.1. The molecule has 0 atom stereocenters. The fraction of sp³-hybridized carbons (Fsp3) is 0.533. The first-order chi connectivity index (χ1) is 10.5. The number of likely N-dealkylation sites (tertiary alicyclic amines) is 1. The average Bonchev–Trinajstić information content (AvgIpc) is 2.50. The number of anilines is 1. The van der Waals surface area contributed by atoms with Gasteiger partial charge in [0.25, 0.3) is 5.69 Å². The summed E-state index contributed by atoms with van der Waals surface area (Å²) in [7, 11) is 0. The Morgan fingerprint density at radius 1 is 1.45 bits per heavy atom. The number of nitrogens with one attached hydrogen (secondary N) is 1. The number of aliphatic hydroxyl groups excluding tert-OH is 1. The lowest BCUT2D eigenvalue weighted by Crippen LogP contribution is -2.39. The highest BCUT2D eigenvalue weighted by Gasteiger charge is 2.20. The second-order valence-electron chi connectivity index (χ2n) is 5.71. The Bertz CT molecular complexity index is 554. The van der Waals surface area contributed by atoms with Gasteiger partial charge >= 0.3 is 0 Å². The van der Waals surface area contributed by atoms with Gasteiger partial charge in [-0.15, -0.1) is 0 Å². The number of piperidine rings is 1. The van der Waals surface area contributed by atoms with E-state index in [-0.39, 0.29) is 18.2 Å². The first-order valence-corrected chi connectivity index (χ1v) is 7.37. The minimum atomic E-state index is -0.454. The van der Waals surface area contributed by atoms with Crippen molar-refractivity contribution >= 4 is 17.3 Å². The molecule has 1 aromatic carbocycles. The molecule has 1 heterocycles. The summed E-state index contributed by atoms with van der Waals surface area (Å²) in [4.78, 5) is 24.4. The number of hydrogen-bond acceptors (Lipinski definition) is 5. The third-order valence-electron chi connectivity index (χ3n) is 4.03. The highest BCUT2D eigenvalue weighted by molar-refractivity contribution is 5.93. The number of benzene rings is 1. The lowest BCUT2D eigenvalue weighted by atomic mass is 9.98. The van der Waals surface area contributed by atoms with Gasteiger partial charge in [0.1, 0.15) is 0 Å². The minimum Gasteiger partial charge on any atom is -0.396 e. The fourth-order valence-electron chi connectivity index (χ4n) is 2.62. The van der Waals surface area contributed by atoms with E-state index < -0.39 is 4.92 Å². The van der Waals surface area contributed by atoms with E-state index >= 15 is 0 Å². The zero-order valence-corrected chi connectivity index (χ0v) is 12.6. The van der Waals surface area contributed by atoms with Crippen LogP contribution in [0.15, 0.2) is 18.2 Å². The summed E-state index contributed by atoms with van der Waals surface area (Å²) in [5, 5.41) is 22.6. The summed E-state index contributed by atoms with van der Waals surface area (Å²) in [5.74, 6) is 0.218. The maximum Gasteiger partial charge on any atom is 0.269 e. The molecule has 2 N–H and O–H groups in total. The predicted molar refractivity (Wildman–Crippen MR) is 82.7 cm³/mol. The van der Waals surface area contributed by atoms with Gasteiger partial charge < -0.3 is 10.4 Å². The Kier molecular flexibility index (Phi) is 5.46. The Morgan fingerprint density at radius 3 is 2.68 bits per heavy atom. The van der Waals surface area contributed by atoms with Crippen LogP contribution in [0.4, 0.5) is 11.4 Å². The van der Waals surface area contributed by atoms with Crippen LogP contribution < -0.4 is 5.32 Å². The van der Waals surface area contributed by atoms with Crippen molar-refractivity contribution < 1.29 is 14.8 Å². The van der Waals surface area contributed by atoms with E-state index in [1.54, 1.807) is 13.0 Å². The average molecular weight is 307 g/mol. The molecule has 120 valence electrons. The highest BCUT2D eigenvalue weighted by atomic mass is 16.6. The smallest absolute Gasteiger partial charge is 0.269 e. The van der Waals surface area contributed by atoms with Crippen molar-refractivity contribution in [1.29, 1.82) is 0 Å². The molecule has 0 aromatic heterocycles. The van der Waals surface area contributed by atoms with Crippen LogP contribution in [0.3, 0.4) is 0 Å². The fourth-order valence-corrected chi connectivity index (χ4v) is 2.62. The van der Waals surface area contributed by atoms with Crippen molar-refractivity contribution in [3.05, 3.63) is 33.9 Å². The number of nitro groups is 1. The number of hydrogen-bond donors (Lipinski definition) is 2. The largest absolute Gasteiger partial charge is 0.396 e. The standard InChI is InChI=1S/C15H21N3O4/c1-11-8-13(18(21)22)2-3-14(11)16-15(20)9-17-6-4-12(10-19)5-7-17/h2-3,8,12,19H,4-7,9-10H2,1H3,(H,16,20). The molecule has 0 unspecified atom stereocenters. The molecule has 1 fully saturated rings. The maximum atomic E-state index is 12.1. The van der Waals surface area contributed by atoms with Crippen LogP contribution in [-0.4, -0.2) is 47.1 Å². The van der Waals surface area contributed by atoms with Crippen LogP contribution in [0.2, 0.25) is 0 Å². The van der Waals surface area contributed by atoms with Crippen molar-refractivity contribution in [3.8, 4) is 0 Å².